The summed E-state index contributed by atoms with van der Waals surface area (Å²) in [4.78, 5) is 26.1. The molecule has 0 aliphatic carbocycles. The van der Waals surface area contributed by atoms with Crippen molar-refractivity contribution in [3.05, 3.63) is 82.5 Å². The van der Waals surface area contributed by atoms with Crippen LogP contribution < -0.4 is 15.2 Å². The molecule has 9 nitrogen and oxygen atoms in total. The molecule has 1 aromatic carbocycles. The summed E-state index contributed by atoms with van der Waals surface area (Å²) in [5, 5.41) is -0.275. The number of Topliss-reactive ketones (excluding diaryl/α,β-unsaturated/α-hetero) is 1. The lowest BCUT2D eigenvalue weighted by Crippen LogP contribution is -2.19. The normalized spacial score (nSPS) is 11.3. The van der Waals surface area contributed by atoms with E-state index in [1.165, 1.54) is 24.3 Å². The van der Waals surface area contributed by atoms with Crippen molar-refractivity contribution in [1.29, 1.82) is 0 Å². The van der Waals surface area contributed by atoms with Gasteiger partial charge in [0.2, 0.25) is 21.6 Å². The van der Waals surface area contributed by atoms with Crippen LogP contribution in [0.3, 0.4) is 0 Å². The molecule has 0 unspecified atom stereocenters. The van der Waals surface area contributed by atoms with E-state index in [9.17, 15) is 13.2 Å². The van der Waals surface area contributed by atoms with Gasteiger partial charge in [0.15, 0.2) is 10.8 Å². The highest BCUT2D eigenvalue weighted by Crippen LogP contribution is 2.33. The van der Waals surface area contributed by atoms with Crippen molar-refractivity contribution in [3.63, 3.8) is 0 Å². The first-order valence-electron chi connectivity index (χ1n) is 11.7. The summed E-state index contributed by atoms with van der Waals surface area (Å²) in [6.07, 6.45) is 1.61. The summed E-state index contributed by atoms with van der Waals surface area (Å²) in [5.74, 6) is -0.443. The Balaban J connectivity index is 1.79. The summed E-state index contributed by atoms with van der Waals surface area (Å²) >= 11 is 0. The molecule has 0 radical (unpaired) electrons. The minimum Gasteiger partial charge on any atom is -0.481 e. The van der Waals surface area contributed by atoms with Crippen LogP contribution in [-0.4, -0.2) is 42.0 Å². The van der Waals surface area contributed by atoms with E-state index in [1.54, 1.807) is 19.4 Å². The average Bonchev–Trinajstić information content (AvgIpc) is 2.85. The van der Waals surface area contributed by atoms with Crippen LogP contribution >= 0.6 is 0 Å². The quantitative estimate of drug-likeness (QED) is 0.317. The standard InChI is InChI=1S/C28H28N4O5S/c1-16-11-17(2)26(18(3)12-16)37-28-21(23(33)15-38(34,35)25-8-6-7-24(29)32-25)9-10-22(31-28)20-13-19(4)27(36-5)30-14-20/h6-14H,15H2,1-5H3,(H2,29,32). The Morgan fingerprint density at radius 1 is 0.921 bits per heavy atom. The van der Waals surface area contributed by atoms with E-state index in [0.29, 0.717) is 22.9 Å². The molecule has 10 heteroatoms. The van der Waals surface area contributed by atoms with E-state index in [-0.39, 0.29) is 22.3 Å². The van der Waals surface area contributed by atoms with Crippen LogP contribution in [0.4, 0.5) is 5.82 Å². The Morgan fingerprint density at radius 2 is 1.63 bits per heavy atom. The minimum absolute atomic E-state index is 0.00763. The number of carbonyl (C=O) groups is 1. The zero-order chi connectivity index (χ0) is 27.6. The van der Waals surface area contributed by atoms with Gasteiger partial charge in [-0.1, -0.05) is 23.8 Å². The maximum absolute atomic E-state index is 13.4. The van der Waals surface area contributed by atoms with Gasteiger partial charge in [-0.15, -0.1) is 0 Å². The fraction of sp³-hybridized carbons (Fsp3) is 0.214. The summed E-state index contributed by atoms with van der Waals surface area (Å²) in [6, 6.07) is 13.2. The molecular weight excluding hydrogens is 504 g/mol. The lowest BCUT2D eigenvalue weighted by Gasteiger charge is -2.16. The van der Waals surface area contributed by atoms with Crippen molar-refractivity contribution in [2.45, 2.75) is 32.7 Å². The molecule has 196 valence electrons. The maximum Gasteiger partial charge on any atom is 0.230 e. The Morgan fingerprint density at radius 3 is 2.26 bits per heavy atom. The SMILES string of the molecule is COc1ncc(-c2ccc(C(=O)CS(=O)(=O)c3cccc(N)n3)c(Oc3c(C)cc(C)cc3C)n2)cc1C. The molecule has 4 aromatic rings. The number of ether oxygens (including phenoxy) is 2. The summed E-state index contributed by atoms with van der Waals surface area (Å²) in [7, 11) is -2.52. The molecule has 38 heavy (non-hydrogen) atoms. The second kappa shape index (κ2) is 10.6. The number of nitrogens with two attached hydrogens (primary N) is 1. The van der Waals surface area contributed by atoms with Crippen LogP contribution in [0.25, 0.3) is 11.3 Å². The monoisotopic (exact) mass is 532 g/mol. The van der Waals surface area contributed by atoms with E-state index in [1.807, 2.05) is 45.9 Å². The number of hydrogen-bond donors (Lipinski definition) is 1. The average molecular weight is 533 g/mol. The van der Waals surface area contributed by atoms with E-state index in [4.69, 9.17) is 15.2 Å². The lowest BCUT2D eigenvalue weighted by molar-refractivity contribution is 0.101. The topological polar surface area (TPSA) is 134 Å². The number of aromatic nitrogens is 3. The first-order valence-corrected chi connectivity index (χ1v) is 13.4. The van der Waals surface area contributed by atoms with Gasteiger partial charge in [-0.25, -0.2) is 23.4 Å². The highest BCUT2D eigenvalue weighted by Gasteiger charge is 2.26. The number of aryl methyl sites for hydroxylation is 4. The van der Waals surface area contributed by atoms with Gasteiger partial charge in [0, 0.05) is 17.3 Å². The maximum atomic E-state index is 13.4. The van der Waals surface area contributed by atoms with E-state index < -0.39 is 21.4 Å². The third-order valence-electron chi connectivity index (χ3n) is 5.87. The van der Waals surface area contributed by atoms with Crippen LogP contribution in [0.1, 0.15) is 32.6 Å². The smallest absolute Gasteiger partial charge is 0.230 e. The third kappa shape index (κ3) is 5.65. The van der Waals surface area contributed by atoms with Crippen molar-refractivity contribution in [2.75, 3.05) is 18.6 Å². The van der Waals surface area contributed by atoms with E-state index >= 15 is 0 Å². The molecule has 3 heterocycles. The summed E-state index contributed by atoms with van der Waals surface area (Å²) in [6.45, 7) is 7.63. The molecule has 0 aliphatic heterocycles. The van der Waals surface area contributed by atoms with Crippen molar-refractivity contribution in [2.24, 2.45) is 0 Å². The van der Waals surface area contributed by atoms with Crippen molar-refractivity contribution < 1.29 is 22.7 Å². The highest BCUT2D eigenvalue weighted by atomic mass is 32.2. The zero-order valence-corrected chi connectivity index (χ0v) is 22.6. The highest BCUT2D eigenvalue weighted by molar-refractivity contribution is 7.92. The first-order chi connectivity index (χ1) is 18.0. The molecule has 0 aliphatic rings. The van der Waals surface area contributed by atoms with Crippen molar-refractivity contribution >= 4 is 21.4 Å². The molecule has 0 saturated carbocycles. The van der Waals surface area contributed by atoms with Crippen molar-refractivity contribution in [3.8, 4) is 28.8 Å². The number of ketones is 1. The number of hydrogen-bond acceptors (Lipinski definition) is 9. The number of methoxy groups -OCH3 is 1. The second-order valence-electron chi connectivity index (χ2n) is 9.01. The number of sulfone groups is 1. The van der Waals surface area contributed by atoms with Crippen LogP contribution in [0.2, 0.25) is 0 Å². The summed E-state index contributed by atoms with van der Waals surface area (Å²) < 4.78 is 37.4. The second-order valence-corrected chi connectivity index (χ2v) is 10.9. The molecule has 2 N–H and O–H groups in total. The van der Waals surface area contributed by atoms with E-state index in [0.717, 1.165) is 22.3 Å². The molecule has 4 rings (SSSR count). The number of nitrogens with zero attached hydrogens (tertiary/aromatic N) is 3. The van der Waals surface area contributed by atoms with Gasteiger partial charge in [-0.3, -0.25) is 4.79 Å². The molecule has 0 bridgehead atoms. The number of pyridine rings is 3. The number of nitrogen functional groups attached to an aromatic ring is 1. The van der Waals surface area contributed by atoms with Gasteiger partial charge in [-0.2, -0.15) is 0 Å². The molecular formula is C28H28N4O5S. The Bertz CT molecular complexity index is 1630. The van der Waals surface area contributed by atoms with Crippen LogP contribution in [0.5, 0.6) is 17.5 Å². The first kappa shape index (κ1) is 26.7. The number of anilines is 1. The van der Waals surface area contributed by atoms with Crippen LogP contribution in [0.15, 0.2) is 59.8 Å². The Labute approximate surface area is 221 Å². The molecule has 3 aromatic heterocycles. The minimum atomic E-state index is -4.07. The van der Waals surface area contributed by atoms with Gasteiger partial charge < -0.3 is 15.2 Å². The van der Waals surface area contributed by atoms with Crippen LogP contribution in [0, 0.1) is 27.7 Å². The molecule has 0 atom stereocenters. The fourth-order valence-corrected chi connectivity index (χ4v) is 5.34. The lowest BCUT2D eigenvalue weighted by atomic mass is 10.1. The van der Waals surface area contributed by atoms with Gasteiger partial charge >= 0.3 is 0 Å². The van der Waals surface area contributed by atoms with Crippen molar-refractivity contribution in [1.82, 2.24) is 15.0 Å². The number of rotatable bonds is 8. The van der Waals surface area contributed by atoms with Gasteiger partial charge in [0.25, 0.3) is 0 Å². The molecule has 0 amide bonds. The fourth-order valence-electron chi connectivity index (χ4n) is 4.16. The zero-order valence-electron chi connectivity index (χ0n) is 21.8. The summed E-state index contributed by atoms with van der Waals surface area (Å²) in [5.41, 5.74) is 10.4. The third-order valence-corrected chi connectivity index (χ3v) is 7.38. The van der Waals surface area contributed by atoms with Gasteiger partial charge in [-0.05, 0) is 69.2 Å². The molecule has 0 spiro atoms. The van der Waals surface area contributed by atoms with Gasteiger partial charge in [0.05, 0.1) is 18.4 Å². The Kier molecular flexibility index (Phi) is 7.45. The molecule has 0 saturated heterocycles. The van der Waals surface area contributed by atoms with Crippen LogP contribution in [-0.2, 0) is 9.84 Å². The van der Waals surface area contributed by atoms with Gasteiger partial charge in [0.1, 0.15) is 17.3 Å². The van der Waals surface area contributed by atoms with E-state index in [2.05, 4.69) is 15.0 Å². The number of carbonyl (C=O) groups excluding carboxylic acids is 1. The number of benzene rings is 1. The largest absolute Gasteiger partial charge is 0.481 e. The predicted molar refractivity (Wildman–Crippen MR) is 145 cm³/mol. The predicted octanol–water partition coefficient (Wildman–Crippen LogP) is 4.81. The Hall–Kier alpha value is -4.31. The molecule has 0 fully saturated rings.